The standard InChI is InChI=1S/C53H88O15P2/c1-3-5-7-9-11-13-15-17-19-21-23-25-27-29-31-33-35-37-39-41-52(57)63-43-49(54)45-65-69(59,60)67-47-51(56)48-68-70(61,62)66-46-50(55)44-64-53(58)42-40-38-36-34-32-30-28-26-24-22-20-18-16-14-12-10-8-6-4-2/h5,7,11-14,17-20,23-26,29,31,35,37,49-51,54-56H,3-4,6,8-10,15-16,21-22,27-28,30,32-34,36,38-48H2,1-2H3,(H,59,60)(H,61,62)/b7-5-,13-11-,14-12-,19-17-,20-18-,25-23-,26-24-,31-29-,37-35-. The molecule has 0 aliphatic heterocycles. The second-order valence-corrected chi connectivity index (χ2v) is 19.3. The van der Waals surface area contributed by atoms with Crippen molar-refractivity contribution in [2.45, 2.75) is 173 Å². The molecule has 0 aromatic heterocycles. The molecule has 400 valence electrons. The van der Waals surface area contributed by atoms with E-state index in [-0.39, 0.29) is 12.8 Å². The number of aliphatic hydroxyl groups is 3. The lowest BCUT2D eigenvalue weighted by molar-refractivity contribution is -0.148. The van der Waals surface area contributed by atoms with Crippen LogP contribution in [-0.2, 0) is 46.3 Å². The summed E-state index contributed by atoms with van der Waals surface area (Å²) in [6.07, 6.45) is 53.7. The molecule has 5 unspecified atom stereocenters. The van der Waals surface area contributed by atoms with Crippen LogP contribution in [-0.4, -0.2) is 95.0 Å². The van der Waals surface area contributed by atoms with Crippen LogP contribution in [0.4, 0.5) is 0 Å². The molecule has 5 N–H and O–H groups in total. The summed E-state index contributed by atoms with van der Waals surface area (Å²) in [6.45, 7) is 0.151. The number of esters is 2. The first-order chi connectivity index (χ1) is 33.8. The lowest BCUT2D eigenvalue weighted by Crippen LogP contribution is -2.25. The third kappa shape index (κ3) is 49.7. The van der Waals surface area contributed by atoms with Gasteiger partial charge in [-0.3, -0.25) is 27.7 Å². The minimum absolute atomic E-state index is 0.0654. The first-order valence-electron chi connectivity index (χ1n) is 25.2. The van der Waals surface area contributed by atoms with Crippen LogP contribution < -0.4 is 0 Å². The van der Waals surface area contributed by atoms with E-state index in [1.807, 2.05) is 18.2 Å². The molecular weight excluding hydrogens is 939 g/mol. The second kappa shape index (κ2) is 48.0. The van der Waals surface area contributed by atoms with Crippen molar-refractivity contribution in [2.75, 3.05) is 39.6 Å². The summed E-state index contributed by atoms with van der Waals surface area (Å²) in [4.78, 5) is 43.8. The topological polar surface area (TPSA) is 225 Å². The molecule has 0 bridgehead atoms. The van der Waals surface area contributed by atoms with Crippen molar-refractivity contribution < 1.29 is 71.4 Å². The molecule has 0 aliphatic carbocycles. The van der Waals surface area contributed by atoms with Crippen LogP contribution in [0.1, 0.15) is 155 Å². The quantitative estimate of drug-likeness (QED) is 0.0165. The van der Waals surface area contributed by atoms with E-state index in [0.717, 1.165) is 83.5 Å². The number of rotatable bonds is 47. The minimum atomic E-state index is -4.81. The molecule has 0 amide bonds. The van der Waals surface area contributed by atoms with E-state index in [1.54, 1.807) is 0 Å². The number of ether oxygens (including phenoxy) is 2. The van der Waals surface area contributed by atoms with Crippen LogP contribution in [0, 0.1) is 0 Å². The lowest BCUT2D eigenvalue weighted by Gasteiger charge is -2.19. The van der Waals surface area contributed by atoms with Gasteiger partial charge in [0.2, 0.25) is 0 Å². The SMILES string of the molecule is CC/C=C\C/C=C\C/C=C\C/C=C\C/C=C\C/C=C\CCC(=O)OCC(O)COP(=O)(O)OCC(O)COP(=O)(O)OCC(O)COC(=O)CCCCCCCC/C=C\C/C=C\C/C=C\CCCCC. The zero-order valence-electron chi connectivity index (χ0n) is 42.1. The molecule has 0 fully saturated rings. The maximum atomic E-state index is 12.2. The summed E-state index contributed by atoms with van der Waals surface area (Å²) in [5, 5.41) is 30.1. The zero-order valence-corrected chi connectivity index (χ0v) is 43.9. The number of phosphoric acid groups is 2. The normalized spacial score (nSPS) is 15.8. The Hall–Kier alpha value is -3.30. The summed E-state index contributed by atoms with van der Waals surface area (Å²) in [6, 6.07) is 0. The maximum absolute atomic E-state index is 12.2. The van der Waals surface area contributed by atoms with Crippen molar-refractivity contribution in [3.05, 3.63) is 109 Å². The molecule has 5 atom stereocenters. The van der Waals surface area contributed by atoms with Gasteiger partial charge in [-0.25, -0.2) is 9.13 Å². The number of phosphoric ester groups is 2. The fourth-order valence-electron chi connectivity index (χ4n) is 5.83. The molecule has 0 aromatic carbocycles. The van der Waals surface area contributed by atoms with Crippen LogP contribution in [0.3, 0.4) is 0 Å². The molecule has 70 heavy (non-hydrogen) atoms. The Balaban J connectivity index is 3.97. The molecule has 0 spiro atoms. The molecule has 15 nitrogen and oxygen atoms in total. The Kier molecular flexibility index (Phi) is 45.7. The average Bonchev–Trinajstić information content (AvgIpc) is 3.34. The number of hydrogen-bond acceptors (Lipinski definition) is 13. The van der Waals surface area contributed by atoms with Gasteiger partial charge < -0.3 is 34.6 Å². The predicted molar refractivity (Wildman–Crippen MR) is 279 cm³/mol. The molecule has 0 saturated heterocycles. The Morgan fingerprint density at radius 1 is 0.386 bits per heavy atom. The van der Waals surface area contributed by atoms with E-state index in [0.29, 0.717) is 19.3 Å². The highest BCUT2D eigenvalue weighted by Gasteiger charge is 2.28. The maximum Gasteiger partial charge on any atom is 0.472 e. The van der Waals surface area contributed by atoms with Crippen molar-refractivity contribution in [1.29, 1.82) is 0 Å². The Morgan fingerprint density at radius 3 is 1.07 bits per heavy atom. The summed E-state index contributed by atoms with van der Waals surface area (Å²) in [5.74, 6) is -1.10. The van der Waals surface area contributed by atoms with E-state index >= 15 is 0 Å². The van der Waals surface area contributed by atoms with Gasteiger partial charge in [-0.2, -0.15) is 0 Å². The molecule has 0 aliphatic rings. The summed E-state index contributed by atoms with van der Waals surface area (Å²) in [7, 11) is -9.62. The zero-order chi connectivity index (χ0) is 51.7. The van der Waals surface area contributed by atoms with Crippen molar-refractivity contribution >= 4 is 27.6 Å². The predicted octanol–water partition coefficient (Wildman–Crippen LogP) is 12.1. The molecule has 0 saturated carbocycles. The molecule has 0 rings (SSSR count). The van der Waals surface area contributed by atoms with E-state index in [9.17, 15) is 43.8 Å². The summed E-state index contributed by atoms with van der Waals surface area (Å²) >= 11 is 0. The largest absolute Gasteiger partial charge is 0.472 e. The van der Waals surface area contributed by atoms with Gasteiger partial charge in [-0.15, -0.1) is 0 Å². The van der Waals surface area contributed by atoms with Gasteiger partial charge in [-0.1, -0.05) is 162 Å². The van der Waals surface area contributed by atoms with Crippen molar-refractivity contribution in [1.82, 2.24) is 0 Å². The van der Waals surface area contributed by atoms with Crippen molar-refractivity contribution in [2.24, 2.45) is 0 Å². The van der Waals surface area contributed by atoms with Gasteiger partial charge in [-0.05, 0) is 89.9 Å². The van der Waals surface area contributed by atoms with Crippen LogP contribution >= 0.6 is 15.6 Å². The van der Waals surface area contributed by atoms with Crippen LogP contribution in [0.5, 0.6) is 0 Å². The van der Waals surface area contributed by atoms with E-state index in [4.69, 9.17) is 9.47 Å². The van der Waals surface area contributed by atoms with Gasteiger partial charge >= 0.3 is 27.6 Å². The Morgan fingerprint density at radius 2 is 0.686 bits per heavy atom. The highest BCUT2D eigenvalue weighted by atomic mass is 31.2. The first kappa shape index (κ1) is 66.7. The highest BCUT2D eigenvalue weighted by Crippen LogP contribution is 2.45. The molecular formula is C53H88O15P2. The van der Waals surface area contributed by atoms with E-state index in [2.05, 4.69) is 123 Å². The summed E-state index contributed by atoms with van der Waals surface area (Å²) < 4.78 is 53.0. The highest BCUT2D eigenvalue weighted by molar-refractivity contribution is 7.47. The van der Waals surface area contributed by atoms with Crippen LogP contribution in [0.2, 0.25) is 0 Å². The Bertz CT molecular complexity index is 1670. The fraction of sp³-hybridized carbons (Fsp3) is 0.623. The number of unbranched alkanes of at least 4 members (excludes halogenated alkanes) is 9. The smallest absolute Gasteiger partial charge is 0.463 e. The molecule has 0 heterocycles. The second-order valence-electron chi connectivity index (χ2n) is 16.4. The third-order valence-electron chi connectivity index (χ3n) is 9.73. The lowest BCUT2D eigenvalue weighted by atomic mass is 10.1. The van der Waals surface area contributed by atoms with E-state index < -0.39 is 85.5 Å². The third-order valence-corrected chi connectivity index (χ3v) is 11.6. The number of carbonyl (C=O) groups excluding carboxylic acids is 2. The van der Waals surface area contributed by atoms with Gasteiger partial charge in [0, 0.05) is 12.8 Å². The molecule has 0 aromatic rings. The number of allylic oxidation sites excluding steroid dienone is 18. The van der Waals surface area contributed by atoms with Gasteiger partial charge in [0.05, 0.1) is 26.4 Å². The summed E-state index contributed by atoms with van der Waals surface area (Å²) in [5.41, 5.74) is 0. The number of hydrogen-bond donors (Lipinski definition) is 5. The first-order valence-corrected chi connectivity index (χ1v) is 28.2. The van der Waals surface area contributed by atoms with Crippen LogP contribution in [0.25, 0.3) is 0 Å². The molecule has 0 radical (unpaired) electrons. The number of carbonyl (C=O) groups is 2. The molecule has 17 heteroatoms. The van der Waals surface area contributed by atoms with Gasteiger partial charge in [0.1, 0.15) is 31.5 Å². The Labute approximate surface area is 420 Å². The number of aliphatic hydroxyl groups excluding tert-OH is 3. The van der Waals surface area contributed by atoms with Crippen molar-refractivity contribution in [3.8, 4) is 0 Å². The van der Waals surface area contributed by atoms with Crippen LogP contribution in [0.15, 0.2) is 109 Å². The average molecular weight is 1030 g/mol. The van der Waals surface area contributed by atoms with E-state index in [1.165, 1.54) is 25.7 Å². The van der Waals surface area contributed by atoms with Gasteiger partial charge in [0.25, 0.3) is 0 Å². The fourth-order valence-corrected chi connectivity index (χ4v) is 7.42. The minimum Gasteiger partial charge on any atom is -0.463 e. The monoisotopic (exact) mass is 1030 g/mol. The van der Waals surface area contributed by atoms with Gasteiger partial charge in [0.15, 0.2) is 0 Å². The van der Waals surface area contributed by atoms with Crippen molar-refractivity contribution in [3.63, 3.8) is 0 Å².